The van der Waals surface area contributed by atoms with Crippen LogP contribution >= 0.6 is 46.7 Å². The van der Waals surface area contributed by atoms with Crippen LogP contribution in [0.3, 0.4) is 0 Å². The molecular formula is C10H10Cl4O. The maximum Gasteiger partial charge on any atom is 0.225 e. The molecule has 0 aliphatic rings. The van der Waals surface area contributed by atoms with Gasteiger partial charge in [0, 0.05) is 0 Å². The van der Waals surface area contributed by atoms with Gasteiger partial charge in [0.15, 0.2) is 5.60 Å². The number of rotatable bonds is 3. The molecule has 0 spiro atoms. The minimum Gasteiger partial charge on any atom is -0.263 e. The molecule has 0 aromatic heterocycles. The highest BCUT2D eigenvalue weighted by molar-refractivity contribution is 6.68. The molecule has 0 N–H and O–H groups in total. The molecule has 1 atom stereocenters. The summed E-state index contributed by atoms with van der Waals surface area (Å²) in [6.07, 6.45) is 0.455. The summed E-state index contributed by atoms with van der Waals surface area (Å²) in [6.45, 7) is 1.84. The monoisotopic (exact) mass is 286 g/mol. The van der Waals surface area contributed by atoms with Gasteiger partial charge in [-0.1, -0.05) is 72.1 Å². The zero-order valence-electron chi connectivity index (χ0n) is 8.01. The second kappa shape index (κ2) is 5.11. The lowest BCUT2D eigenvalue weighted by Gasteiger charge is -2.36. The van der Waals surface area contributed by atoms with Crippen LogP contribution in [0.5, 0.6) is 0 Å². The van der Waals surface area contributed by atoms with E-state index in [9.17, 15) is 0 Å². The highest BCUT2D eigenvalue weighted by Gasteiger charge is 2.50. The average Bonchev–Trinajstić information content (AvgIpc) is 2.20. The molecule has 0 saturated heterocycles. The van der Waals surface area contributed by atoms with Crippen molar-refractivity contribution in [2.45, 2.75) is 22.7 Å². The largest absolute Gasteiger partial charge is 0.263 e. The summed E-state index contributed by atoms with van der Waals surface area (Å²) < 4.78 is 3.29. The van der Waals surface area contributed by atoms with E-state index in [1.54, 1.807) is 0 Å². The van der Waals surface area contributed by atoms with E-state index < -0.39 is 9.39 Å². The fourth-order valence-electron chi connectivity index (χ4n) is 1.42. The van der Waals surface area contributed by atoms with Crippen molar-refractivity contribution in [3.8, 4) is 0 Å². The third-order valence-electron chi connectivity index (χ3n) is 2.33. The molecule has 1 aromatic carbocycles. The van der Waals surface area contributed by atoms with Crippen molar-refractivity contribution in [3.63, 3.8) is 0 Å². The van der Waals surface area contributed by atoms with E-state index in [-0.39, 0.29) is 0 Å². The third-order valence-corrected chi connectivity index (χ3v) is 3.51. The van der Waals surface area contributed by atoms with E-state index in [1.807, 2.05) is 37.3 Å². The maximum absolute atomic E-state index is 5.91. The summed E-state index contributed by atoms with van der Waals surface area (Å²) in [6, 6.07) is 9.18. The summed E-state index contributed by atoms with van der Waals surface area (Å²) in [5.74, 6) is 0. The van der Waals surface area contributed by atoms with Crippen molar-refractivity contribution in [3.05, 3.63) is 35.9 Å². The quantitative estimate of drug-likeness (QED) is 0.724. The lowest BCUT2D eigenvalue weighted by Crippen LogP contribution is -2.40. The Morgan fingerprint density at radius 3 is 2.00 bits per heavy atom. The second-order valence-corrected chi connectivity index (χ2v) is 5.56. The molecule has 1 rings (SSSR count). The molecule has 1 unspecified atom stereocenters. The Bertz CT molecular complexity index is 303. The van der Waals surface area contributed by atoms with Crippen molar-refractivity contribution >= 4 is 46.7 Å². The Balaban J connectivity index is 3.24. The highest BCUT2D eigenvalue weighted by Crippen LogP contribution is 2.50. The van der Waals surface area contributed by atoms with Crippen LogP contribution in [-0.4, -0.2) is 3.79 Å². The molecule has 0 amide bonds. The van der Waals surface area contributed by atoms with E-state index in [4.69, 9.17) is 51.0 Å². The SMILES string of the molecule is CCC(OCl)(c1ccccc1)C(Cl)(Cl)Cl. The van der Waals surface area contributed by atoms with E-state index in [0.29, 0.717) is 6.42 Å². The molecule has 0 radical (unpaired) electrons. The molecule has 0 aliphatic carbocycles. The average molecular weight is 288 g/mol. The molecule has 0 saturated carbocycles. The lowest BCUT2D eigenvalue weighted by molar-refractivity contribution is 0.0788. The third kappa shape index (κ3) is 2.54. The summed E-state index contributed by atoms with van der Waals surface area (Å²) in [7, 11) is 0. The Labute approximate surface area is 109 Å². The molecule has 1 nitrogen and oxygen atoms in total. The number of hydrogen-bond acceptors (Lipinski definition) is 1. The van der Waals surface area contributed by atoms with Gasteiger partial charge in [-0.25, -0.2) is 0 Å². The summed E-state index contributed by atoms with van der Waals surface area (Å²) in [5, 5.41) is 0. The first-order chi connectivity index (χ1) is 6.98. The summed E-state index contributed by atoms with van der Waals surface area (Å²) in [5.41, 5.74) is -0.386. The van der Waals surface area contributed by atoms with Gasteiger partial charge in [-0.3, -0.25) is 4.29 Å². The Hall–Kier alpha value is 0.340. The minimum absolute atomic E-state index is 0.455. The highest BCUT2D eigenvalue weighted by atomic mass is 35.6. The van der Waals surface area contributed by atoms with Crippen molar-refractivity contribution < 1.29 is 4.29 Å². The molecular weight excluding hydrogens is 278 g/mol. The van der Waals surface area contributed by atoms with Gasteiger partial charge in [-0.2, -0.15) is 0 Å². The predicted molar refractivity (Wildman–Crippen MR) is 65.6 cm³/mol. The van der Waals surface area contributed by atoms with Crippen molar-refractivity contribution in [2.75, 3.05) is 0 Å². The zero-order chi connectivity index (χ0) is 11.5. The first kappa shape index (κ1) is 13.4. The van der Waals surface area contributed by atoms with Gasteiger partial charge in [0.1, 0.15) is 0 Å². The van der Waals surface area contributed by atoms with Crippen LogP contribution in [0.15, 0.2) is 30.3 Å². The van der Waals surface area contributed by atoms with Crippen LogP contribution < -0.4 is 0 Å². The van der Waals surface area contributed by atoms with Crippen LogP contribution in [0.25, 0.3) is 0 Å². The van der Waals surface area contributed by atoms with E-state index in [2.05, 4.69) is 0 Å². The topological polar surface area (TPSA) is 9.23 Å². The van der Waals surface area contributed by atoms with Crippen LogP contribution in [0.1, 0.15) is 18.9 Å². The standard InChI is InChI=1S/C10H10Cl4O/c1-2-9(15-14,10(11,12)13)8-6-4-3-5-7-8/h3-7H,2H2,1H3. The summed E-state index contributed by atoms with van der Waals surface area (Å²) >= 11 is 23.2. The first-order valence-corrected chi connectivity index (χ1v) is 5.84. The van der Waals surface area contributed by atoms with Gasteiger partial charge in [0.2, 0.25) is 3.79 Å². The van der Waals surface area contributed by atoms with Gasteiger partial charge in [0.05, 0.1) is 11.9 Å². The van der Waals surface area contributed by atoms with Crippen LogP contribution in [-0.2, 0) is 9.89 Å². The second-order valence-electron chi connectivity index (χ2n) is 3.12. The molecule has 0 fully saturated rings. The van der Waals surface area contributed by atoms with E-state index >= 15 is 0 Å². The Kier molecular flexibility index (Phi) is 4.57. The molecule has 84 valence electrons. The molecule has 0 aliphatic heterocycles. The lowest BCUT2D eigenvalue weighted by atomic mass is 9.93. The number of hydrogen-bond donors (Lipinski definition) is 0. The predicted octanol–water partition coefficient (Wildman–Crippen LogP) is 4.83. The van der Waals surface area contributed by atoms with Crippen LogP contribution in [0.2, 0.25) is 0 Å². The van der Waals surface area contributed by atoms with Gasteiger partial charge in [0.25, 0.3) is 0 Å². The molecule has 5 heteroatoms. The molecule has 0 heterocycles. The zero-order valence-corrected chi connectivity index (χ0v) is 11.0. The van der Waals surface area contributed by atoms with Gasteiger partial charge >= 0.3 is 0 Å². The fourth-order valence-corrected chi connectivity index (χ4v) is 2.69. The number of halogens is 4. The van der Waals surface area contributed by atoms with Gasteiger partial charge < -0.3 is 0 Å². The van der Waals surface area contributed by atoms with Crippen molar-refractivity contribution in [1.29, 1.82) is 0 Å². The maximum atomic E-state index is 5.91. The molecule has 1 aromatic rings. The Morgan fingerprint density at radius 2 is 1.67 bits per heavy atom. The minimum atomic E-state index is -1.62. The first-order valence-electron chi connectivity index (χ1n) is 4.40. The normalized spacial score (nSPS) is 16.1. The van der Waals surface area contributed by atoms with Crippen molar-refractivity contribution in [1.82, 2.24) is 0 Å². The molecule has 15 heavy (non-hydrogen) atoms. The van der Waals surface area contributed by atoms with E-state index in [0.717, 1.165) is 5.56 Å². The Morgan fingerprint density at radius 1 is 1.13 bits per heavy atom. The van der Waals surface area contributed by atoms with Gasteiger partial charge in [-0.05, 0) is 12.0 Å². The fraction of sp³-hybridized carbons (Fsp3) is 0.400. The van der Waals surface area contributed by atoms with Crippen LogP contribution in [0.4, 0.5) is 0 Å². The molecule has 0 bridgehead atoms. The van der Waals surface area contributed by atoms with E-state index in [1.165, 1.54) is 0 Å². The smallest absolute Gasteiger partial charge is 0.225 e. The number of benzene rings is 1. The van der Waals surface area contributed by atoms with Crippen LogP contribution in [0, 0.1) is 0 Å². The van der Waals surface area contributed by atoms with Crippen molar-refractivity contribution in [2.24, 2.45) is 0 Å². The van der Waals surface area contributed by atoms with Gasteiger partial charge in [-0.15, -0.1) is 0 Å². The number of alkyl halides is 3. The summed E-state index contributed by atoms with van der Waals surface area (Å²) in [4.78, 5) is 0.